The van der Waals surface area contributed by atoms with Gasteiger partial charge in [-0.3, -0.25) is 0 Å². The summed E-state index contributed by atoms with van der Waals surface area (Å²) >= 11 is 0. The number of ether oxygens (including phenoxy) is 2. The van der Waals surface area contributed by atoms with E-state index in [-0.39, 0.29) is 13.0 Å². The molecule has 9 heteroatoms. The predicted molar refractivity (Wildman–Crippen MR) is 73.8 cm³/mol. The van der Waals surface area contributed by atoms with Crippen molar-refractivity contribution < 1.29 is 24.8 Å². The molecule has 0 aromatic rings. The van der Waals surface area contributed by atoms with Gasteiger partial charge in [-0.2, -0.15) is 0 Å². The second kappa shape index (κ2) is 6.82. The normalized spacial score (nSPS) is 51.9. The van der Waals surface area contributed by atoms with Crippen LogP contribution in [0.5, 0.6) is 0 Å². The molecule has 1 saturated carbocycles. The molecule has 0 spiro atoms. The van der Waals surface area contributed by atoms with Crippen molar-refractivity contribution in [3.05, 3.63) is 0 Å². The molecule has 1 heterocycles. The fourth-order valence-corrected chi connectivity index (χ4v) is 2.88. The Morgan fingerprint density at radius 1 is 0.952 bits per heavy atom. The second-order valence-corrected chi connectivity index (χ2v) is 5.89. The van der Waals surface area contributed by atoms with Crippen LogP contribution in [0, 0.1) is 0 Å². The Kier molecular flexibility index (Phi) is 5.52. The molecule has 21 heavy (non-hydrogen) atoms. The average molecular weight is 306 g/mol. The summed E-state index contributed by atoms with van der Waals surface area (Å²) in [5.74, 6) is 0. The average Bonchev–Trinajstić information content (AvgIpc) is 2.43. The van der Waals surface area contributed by atoms with Gasteiger partial charge in [0.25, 0.3) is 0 Å². The highest BCUT2D eigenvalue weighted by atomic mass is 16.7. The molecule has 124 valence electrons. The van der Waals surface area contributed by atoms with Crippen molar-refractivity contribution in [1.82, 2.24) is 0 Å². The summed E-state index contributed by atoms with van der Waals surface area (Å²) in [5.41, 5.74) is 23.0. The Bertz CT molecular complexity index is 350. The van der Waals surface area contributed by atoms with Gasteiger partial charge >= 0.3 is 0 Å². The summed E-state index contributed by atoms with van der Waals surface area (Å²) in [4.78, 5) is 0. The minimum Gasteiger partial charge on any atom is -0.390 e. The minimum atomic E-state index is -1.22. The van der Waals surface area contributed by atoms with Gasteiger partial charge in [-0.25, -0.2) is 0 Å². The summed E-state index contributed by atoms with van der Waals surface area (Å²) in [6, 6.07) is -1.72. The van der Waals surface area contributed by atoms with Gasteiger partial charge in [0.15, 0.2) is 6.29 Å². The van der Waals surface area contributed by atoms with Gasteiger partial charge in [-0.05, 0) is 12.8 Å². The maximum absolute atomic E-state index is 10.1. The highest BCUT2D eigenvalue weighted by molar-refractivity contribution is 4.98. The van der Waals surface area contributed by atoms with Gasteiger partial charge in [-0.15, -0.1) is 0 Å². The number of aliphatic hydroxyl groups excluding tert-OH is 3. The van der Waals surface area contributed by atoms with Gasteiger partial charge < -0.3 is 47.7 Å². The maximum Gasteiger partial charge on any atom is 0.173 e. The van der Waals surface area contributed by atoms with Crippen LogP contribution in [0.25, 0.3) is 0 Å². The predicted octanol–water partition coefficient (Wildman–Crippen LogP) is -4.09. The highest BCUT2D eigenvalue weighted by Gasteiger charge is 2.45. The fraction of sp³-hybridized carbons (Fsp3) is 1.00. The van der Waals surface area contributed by atoms with Crippen LogP contribution in [-0.2, 0) is 9.47 Å². The quantitative estimate of drug-likeness (QED) is 0.272. The molecule has 1 saturated heterocycles. The van der Waals surface area contributed by atoms with Crippen LogP contribution in [-0.4, -0.2) is 76.8 Å². The van der Waals surface area contributed by atoms with E-state index in [1.807, 2.05) is 0 Å². The zero-order valence-corrected chi connectivity index (χ0v) is 11.8. The molecule has 0 bridgehead atoms. The zero-order valence-electron chi connectivity index (χ0n) is 11.8. The Hall–Kier alpha value is -0.360. The third-order valence-electron chi connectivity index (χ3n) is 4.22. The molecule has 0 amide bonds. The van der Waals surface area contributed by atoms with E-state index in [2.05, 4.69) is 0 Å². The molecule has 0 radical (unpaired) electrons. The number of nitrogens with two attached hydrogens (primary N) is 4. The van der Waals surface area contributed by atoms with E-state index >= 15 is 0 Å². The number of rotatable bonds is 3. The Labute approximate surface area is 123 Å². The van der Waals surface area contributed by atoms with Crippen molar-refractivity contribution in [3.8, 4) is 0 Å². The molecule has 11 N–H and O–H groups in total. The first kappa shape index (κ1) is 17.0. The van der Waals surface area contributed by atoms with Crippen LogP contribution >= 0.6 is 0 Å². The third kappa shape index (κ3) is 3.52. The lowest BCUT2D eigenvalue weighted by Crippen LogP contribution is -2.64. The number of aliphatic hydroxyl groups is 3. The van der Waals surface area contributed by atoms with Crippen molar-refractivity contribution in [2.45, 2.75) is 67.8 Å². The smallest absolute Gasteiger partial charge is 0.173 e. The van der Waals surface area contributed by atoms with Crippen molar-refractivity contribution in [1.29, 1.82) is 0 Å². The van der Waals surface area contributed by atoms with Gasteiger partial charge in [-0.1, -0.05) is 0 Å². The lowest BCUT2D eigenvalue weighted by molar-refractivity contribution is -0.268. The first-order valence-corrected chi connectivity index (χ1v) is 7.17. The molecule has 1 aliphatic carbocycles. The molecule has 0 unspecified atom stereocenters. The first-order valence-electron chi connectivity index (χ1n) is 7.17. The molecule has 0 aromatic heterocycles. The van der Waals surface area contributed by atoms with E-state index in [9.17, 15) is 15.3 Å². The van der Waals surface area contributed by atoms with E-state index in [0.29, 0.717) is 6.42 Å². The van der Waals surface area contributed by atoms with Crippen molar-refractivity contribution in [3.63, 3.8) is 0 Å². The number of hydrogen-bond donors (Lipinski definition) is 7. The summed E-state index contributed by atoms with van der Waals surface area (Å²) < 4.78 is 11.2. The molecule has 2 rings (SSSR count). The molecule has 0 aromatic carbocycles. The molecular formula is C12H26N4O5. The van der Waals surface area contributed by atoms with Gasteiger partial charge in [0, 0.05) is 18.6 Å². The van der Waals surface area contributed by atoms with Crippen LogP contribution in [0.2, 0.25) is 0 Å². The van der Waals surface area contributed by atoms with Crippen LogP contribution in [0.4, 0.5) is 0 Å². The van der Waals surface area contributed by atoms with Crippen molar-refractivity contribution in [2.75, 3.05) is 6.54 Å². The van der Waals surface area contributed by atoms with Crippen LogP contribution in [0.15, 0.2) is 0 Å². The molecule has 1 aliphatic heterocycles. The van der Waals surface area contributed by atoms with Crippen LogP contribution in [0.1, 0.15) is 12.8 Å². The summed E-state index contributed by atoms with van der Waals surface area (Å²) in [6.45, 7) is 0.126. The summed E-state index contributed by atoms with van der Waals surface area (Å²) in [7, 11) is 0. The molecular weight excluding hydrogens is 280 g/mol. The summed E-state index contributed by atoms with van der Waals surface area (Å²) in [6.07, 6.45) is -4.79. The topological polar surface area (TPSA) is 183 Å². The Morgan fingerprint density at radius 3 is 2.24 bits per heavy atom. The van der Waals surface area contributed by atoms with Gasteiger partial charge in [0.05, 0.1) is 24.4 Å². The van der Waals surface area contributed by atoms with E-state index in [1.54, 1.807) is 0 Å². The summed E-state index contributed by atoms with van der Waals surface area (Å²) in [5, 5.41) is 29.7. The van der Waals surface area contributed by atoms with Gasteiger partial charge in [0.1, 0.15) is 12.2 Å². The zero-order chi connectivity index (χ0) is 15.7. The lowest BCUT2D eigenvalue weighted by Gasteiger charge is -2.44. The molecule has 9 atom stereocenters. The Morgan fingerprint density at radius 2 is 1.62 bits per heavy atom. The molecule has 9 nitrogen and oxygen atoms in total. The van der Waals surface area contributed by atoms with Crippen LogP contribution in [0.3, 0.4) is 0 Å². The SMILES string of the molecule is NC[C@H]1O[C@H](O[C@H]2[C@H](O)[C@@H](O)[C@@H](N)C[C@@H]2N)[C@H](N)C[C@@H]1O. The number of hydrogen-bond acceptors (Lipinski definition) is 9. The van der Waals surface area contributed by atoms with E-state index in [1.165, 1.54) is 0 Å². The lowest BCUT2D eigenvalue weighted by atomic mass is 9.84. The molecule has 2 aliphatic rings. The van der Waals surface area contributed by atoms with Crippen LogP contribution < -0.4 is 22.9 Å². The first-order chi connectivity index (χ1) is 9.85. The maximum atomic E-state index is 10.1. The van der Waals surface area contributed by atoms with E-state index < -0.39 is 54.9 Å². The van der Waals surface area contributed by atoms with E-state index in [0.717, 1.165) is 0 Å². The van der Waals surface area contributed by atoms with E-state index in [4.69, 9.17) is 32.4 Å². The largest absolute Gasteiger partial charge is 0.390 e. The monoisotopic (exact) mass is 306 g/mol. The van der Waals surface area contributed by atoms with Gasteiger partial charge in [0.2, 0.25) is 0 Å². The second-order valence-electron chi connectivity index (χ2n) is 5.89. The van der Waals surface area contributed by atoms with Crippen molar-refractivity contribution >= 4 is 0 Å². The highest BCUT2D eigenvalue weighted by Crippen LogP contribution is 2.26. The standard InChI is InChI=1S/C12H26N4O5/c13-3-8-7(17)2-6(16)12(20-8)21-11-5(15)1-4(14)9(18)10(11)19/h4-12,17-19H,1-3,13-16H2/t4-,5-,6+,7-,8+,9-,10+,11+,12+/m0/s1. The minimum absolute atomic E-state index is 0.126. The third-order valence-corrected chi connectivity index (χ3v) is 4.22. The fourth-order valence-electron chi connectivity index (χ4n) is 2.88. The Balaban J connectivity index is 2.02. The van der Waals surface area contributed by atoms with Crippen molar-refractivity contribution in [2.24, 2.45) is 22.9 Å². The molecule has 2 fully saturated rings.